The SMILES string of the molecule is Cc1ccc(Br)cc1NC(=O)N1CC(C)OC(C)C1. The molecule has 1 aliphatic heterocycles. The number of ether oxygens (including phenoxy) is 1. The number of nitrogens with zero attached hydrogens (tertiary/aromatic N) is 1. The Balaban J connectivity index is 2.06. The summed E-state index contributed by atoms with van der Waals surface area (Å²) < 4.78 is 6.59. The summed E-state index contributed by atoms with van der Waals surface area (Å²) in [6.07, 6.45) is 0.163. The van der Waals surface area contributed by atoms with Gasteiger partial charge in [0.2, 0.25) is 0 Å². The van der Waals surface area contributed by atoms with Gasteiger partial charge < -0.3 is 15.0 Å². The molecule has 2 amide bonds. The number of urea groups is 1. The van der Waals surface area contributed by atoms with Crippen molar-refractivity contribution in [3.05, 3.63) is 28.2 Å². The molecule has 1 saturated heterocycles. The van der Waals surface area contributed by atoms with Gasteiger partial charge in [-0.1, -0.05) is 22.0 Å². The second-order valence-corrected chi connectivity index (χ2v) is 5.97. The van der Waals surface area contributed by atoms with Gasteiger partial charge in [0, 0.05) is 23.2 Å². The summed E-state index contributed by atoms with van der Waals surface area (Å²) in [5, 5.41) is 2.96. The van der Waals surface area contributed by atoms with E-state index >= 15 is 0 Å². The summed E-state index contributed by atoms with van der Waals surface area (Å²) in [6.45, 7) is 7.21. The monoisotopic (exact) mass is 326 g/mol. The fourth-order valence-electron chi connectivity index (χ4n) is 2.27. The van der Waals surface area contributed by atoms with E-state index in [1.807, 2.05) is 39.0 Å². The zero-order valence-electron chi connectivity index (χ0n) is 11.4. The zero-order chi connectivity index (χ0) is 14.0. The number of hydrogen-bond acceptors (Lipinski definition) is 2. The van der Waals surface area contributed by atoms with Crippen LogP contribution in [0.2, 0.25) is 0 Å². The number of amides is 2. The molecule has 1 aromatic rings. The van der Waals surface area contributed by atoms with Crippen LogP contribution < -0.4 is 5.32 Å². The number of carbonyl (C=O) groups is 1. The first kappa shape index (κ1) is 14.3. The maximum atomic E-state index is 12.3. The van der Waals surface area contributed by atoms with Crippen molar-refractivity contribution in [1.29, 1.82) is 0 Å². The molecule has 1 aliphatic rings. The number of rotatable bonds is 1. The Morgan fingerprint density at radius 1 is 1.37 bits per heavy atom. The molecule has 104 valence electrons. The third-order valence-corrected chi connectivity index (χ3v) is 3.64. The normalized spacial score (nSPS) is 23.3. The van der Waals surface area contributed by atoms with Crippen molar-refractivity contribution in [2.75, 3.05) is 18.4 Å². The van der Waals surface area contributed by atoms with Crippen LogP contribution in [0.1, 0.15) is 19.4 Å². The molecule has 0 aromatic heterocycles. The van der Waals surface area contributed by atoms with Crippen molar-refractivity contribution in [3.63, 3.8) is 0 Å². The Morgan fingerprint density at radius 2 is 2.00 bits per heavy atom. The Labute approximate surface area is 122 Å². The van der Waals surface area contributed by atoms with Gasteiger partial charge in [0.05, 0.1) is 12.2 Å². The fourth-order valence-corrected chi connectivity index (χ4v) is 2.63. The molecule has 2 atom stereocenters. The molecule has 2 unspecified atom stereocenters. The van der Waals surface area contributed by atoms with Gasteiger partial charge in [-0.25, -0.2) is 4.79 Å². The van der Waals surface area contributed by atoms with E-state index in [2.05, 4.69) is 21.2 Å². The predicted octanol–water partition coefficient (Wildman–Crippen LogP) is 3.40. The Morgan fingerprint density at radius 3 is 2.63 bits per heavy atom. The number of aryl methyl sites for hydroxylation is 1. The van der Waals surface area contributed by atoms with Crippen LogP contribution in [0.15, 0.2) is 22.7 Å². The van der Waals surface area contributed by atoms with Gasteiger partial charge in [0.25, 0.3) is 0 Å². The molecule has 1 aromatic carbocycles. The first-order chi connectivity index (χ1) is 8.95. The number of benzene rings is 1. The average molecular weight is 327 g/mol. The number of nitrogens with one attached hydrogen (secondary N) is 1. The Kier molecular flexibility index (Phi) is 4.47. The minimum atomic E-state index is -0.0665. The predicted molar refractivity (Wildman–Crippen MR) is 79.5 cm³/mol. The maximum absolute atomic E-state index is 12.3. The number of halogens is 1. The molecule has 0 saturated carbocycles. The number of hydrogen-bond donors (Lipinski definition) is 1. The standard InChI is InChI=1S/C14H19BrN2O2/c1-9-4-5-12(15)6-13(9)16-14(18)17-7-10(2)19-11(3)8-17/h4-6,10-11H,7-8H2,1-3H3,(H,16,18). The van der Waals surface area contributed by atoms with Crippen LogP contribution in [0, 0.1) is 6.92 Å². The lowest BCUT2D eigenvalue weighted by Crippen LogP contribution is -2.49. The van der Waals surface area contributed by atoms with Gasteiger partial charge in [-0.3, -0.25) is 0 Å². The summed E-state index contributed by atoms with van der Waals surface area (Å²) >= 11 is 3.42. The van der Waals surface area contributed by atoms with Gasteiger partial charge >= 0.3 is 6.03 Å². The minimum absolute atomic E-state index is 0.0665. The van der Waals surface area contributed by atoms with Crippen LogP contribution in [0.25, 0.3) is 0 Å². The smallest absolute Gasteiger partial charge is 0.322 e. The summed E-state index contributed by atoms with van der Waals surface area (Å²) in [7, 11) is 0. The highest BCUT2D eigenvalue weighted by atomic mass is 79.9. The quantitative estimate of drug-likeness (QED) is 0.859. The molecule has 0 spiro atoms. The third-order valence-electron chi connectivity index (χ3n) is 3.15. The fraction of sp³-hybridized carbons (Fsp3) is 0.500. The molecule has 1 fully saturated rings. The van der Waals surface area contributed by atoms with Crippen molar-refractivity contribution in [1.82, 2.24) is 4.90 Å². The van der Waals surface area contributed by atoms with E-state index in [9.17, 15) is 4.79 Å². The molecule has 19 heavy (non-hydrogen) atoms. The van der Waals surface area contributed by atoms with E-state index in [1.165, 1.54) is 0 Å². The summed E-state index contributed by atoms with van der Waals surface area (Å²) in [5.74, 6) is 0. The van der Waals surface area contributed by atoms with Gasteiger partial charge in [0.1, 0.15) is 0 Å². The highest BCUT2D eigenvalue weighted by molar-refractivity contribution is 9.10. The van der Waals surface area contributed by atoms with E-state index in [0.717, 1.165) is 15.7 Å². The van der Waals surface area contributed by atoms with Gasteiger partial charge in [-0.15, -0.1) is 0 Å². The number of morpholine rings is 1. The van der Waals surface area contributed by atoms with Gasteiger partial charge in [-0.05, 0) is 38.5 Å². The van der Waals surface area contributed by atoms with Gasteiger partial charge in [0.15, 0.2) is 0 Å². The summed E-state index contributed by atoms with van der Waals surface area (Å²) in [4.78, 5) is 14.1. The zero-order valence-corrected chi connectivity index (χ0v) is 13.0. The molecule has 5 heteroatoms. The van der Waals surface area contributed by atoms with E-state index in [-0.39, 0.29) is 18.2 Å². The van der Waals surface area contributed by atoms with Crippen LogP contribution in [-0.2, 0) is 4.74 Å². The van der Waals surface area contributed by atoms with E-state index in [4.69, 9.17) is 4.74 Å². The second kappa shape index (κ2) is 5.92. The van der Waals surface area contributed by atoms with Crippen LogP contribution in [0.4, 0.5) is 10.5 Å². The number of carbonyl (C=O) groups excluding carboxylic acids is 1. The topological polar surface area (TPSA) is 41.6 Å². The molecule has 0 radical (unpaired) electrons. The van der Waals surface area contributed by atoms with E-state index < -0.39 is 0 Å². The van der Waals surface area contributed by atoms with Crippen molar-refractivity contribution < 1.29 is 9.53 Å². The summed E-state index contributed by atoms with van der Waals surface area (Å²) in [6, 6.07) is 5.79. The van der Waals surface area contributed by atoms with E-state index in [1.54, 1.807) is 4.90 Å². The first-order valence-electron chi connectivity index (χ1n) is 6.43. The van der Waals surface area contributed by atoms with E-state index in [0.29, 0.717) is 13.1 Å². The van der Waals surface area contributed by atoms with Crippen LogP contribution in [0.5, 0.6) is 0 Å². The van der Waals surface area contributed by atoms with Gasteiger partial charge in [-0.2, -0.15) is 0 Å². The lowest BCUT2D eigenvalue weighted by atomic mass is 10.2. The highest BCUT2D eigenvalue weighted by Gasteiger charge is 2.26. The molecule has 0 bridgehead atoms. The summed E-state index contributed by atoms with van der Waals surface area (Å²) in [5.41, 5.74) is 1.89. The second-order valence-electron chi connectivity index (χ2n) is 5.05. The van der Waals surface area contributed by atoms with Crippen molar-refractivity contribution in [2.24, 2.45) is 0 Å². The molecular weight excluding hydrogens is 308 g/mol. The van der Waals surface area contributed by atoms with Crippen molar-refractivity contribution >= 4 is 27.6 Å². The lowest BCUT2D eigenvalue weighted by molar-refractivity contribution is -0.0530. The highest BCUT2D eigenvalue weighted by Crippen LogP contribution is 2.21. The van der Waals surface area contributed by atoms with Crippen LogP contribution >= 0.6 is 15.9 Å². The molecule has 1 N–H and O–H groups in total. The Bertz CT molecular complexity index is 469. The van der Waals surface area contributed by atoms with Crippen molar-refractivity contribution in [3.8, 4) is 0 Å². The lowest BCUT2D eigenvalue weighted by Gasteiger charge is -2.35. The number of anilines is 1. The molecular formula is C14H19BrN2O2. The van der Waals surface area contributed by atoms with Crippen LogP contribution in [-0.4, -0.2) is 36.2 Å². The van der Waals surface area contributed by atoms with Crippen molar-refractivity contribution in [2.45, 2.75) is 33.0 Å². The molecule has 2 rings (SSSR count). The minimum Gasteiger partial charge on any atom is -0.372 e. The van der Waals surface area contributed by atoms with Crippen LogP contribution in [0.3, 0.4) is 0 Å². The molecule has 0 aliphatic carbocycles. The maximum Gasteiger partial charge on any atom is 0.322 e. The average Bonchev–Trinajstić information content (AvgIpc) is 2.32. The largest absolute Gasteiger partial charge is 0.372 e. The molecule has 1 heterocycles. The third kappa shape index (κ3) is 3.70. The first-order valence-corrected chi connectivity index (χ1v) is 7.22. The molecule has 4 nitrogen and oxygen atoms in total. The Hall–Kier alpha value is -1.07.